The van der Waals surface area contributed by atoms with Crippen LogP contribution < -0.4 is 0 Å². The molecule has 112 valence electrons. The SMILES string of the molecule is Cn1c(CCCCN2CC3CC3C2)nnc1C(C)(C)C. The van der Waals surface area contributed by atoms with Gasteiger partial charge in [-0.25, -0.2) is 0 Å². The lowest BCUT2D eigenvalue weighted by molar-refractivity contribution is 0.297. The predicted molar refractivity (Wildman–Crippen MR) is 80.7 cm³/mol. The van der Waals surface area contributed by atoms with Crippen molar-refractivity contribution in [1.82, 2.24) is 19.7 Å². The Balaban J connectivity index is 1.43. The van der Waals surface area contributed by atoms with Crippen LogP contribution in [-0.4, -0.2) is 39.3 Å². The highest BCUT2D eigenvalue weighted by Gasteiger charge is 2.44. The van der Waals surface area contributed by atoms with E-state index in [1.54, 1.807) is 0 Å². The number of piperidine rings is 1. The van der Waals surface area contributed by atoms with Crippen LogP contribution in [0.3, 0.4) is 0 Å². The molecule has 2 atom stereocenters. The normalized spacial score (nSPS) is 26.0. The van der Waals surface area contributed by atoms with E-state index in [4.69, 9.17) is 0 Å². The van der Waals surface area contributed by atoms with Gasteiger partial charge in [0.2, 0.25) is 0 Å². The Morgan fingerprint density at radius 1 is 1.10 bits per heavy atom. The molecule has 1 saturated carbocycles. The van der Waals surface area contributed by atoms with Crippen LogP contribution in [0.2, 0.25) is 0 Å². The Bertz CT molecular complexity index is 461. The third kappa shape index (κ3) is 2.90. The smallest absolute Gasteiger partial charge is 0.138 e. The van der Waals surface area contributed by atoms with Crippen LogP contribution in [0.1, 0.15) is 51.7 Å². The second kappa shape index (κ2) is 5.14. The molecular weight excluding hydrogens is 248 g/mol. The molecule has 1 aliphatic heterocycles. The van der Waals surface area contributed by atoms with E-state index in [-0.39, 0.29) is 5.41 Å². The van der Waals surface area contributed by atoms with Crippen molar-refractivity contribution >= 4 is 0 Å². The highest BCUT2D eigenvalue weighted by atomic mass is 15.3. The van der Waals surface area contributed by atoms with Crippen LogP contribution >= 0.6 is 0 Å². The summed E-state index contributed by atoms with van der Waals surface area (Å²) in [7, 11) is 2.10. The fourth-order valence-electron chi connectivity index (χ4n) is 3.53. The Hall–Kier alpha value is -0.900. The minimum absolute atomic E-state index is 0.0799. The number of aryl methyl sites for hydroxylation is 1. The molecule has 3 rings (SSSR count). The second-order valence-corrected chi connectivity index (χ2v) is 7.72. The van der Waals surface area contributed by atoms with E-state index in [1.807, 2.05) is 0 Å². The van der Waals surface area contributed by atoms with Crippen LogP contribution in [-0.2, 0) is 18.9 Å². The lowest BCUT2D eigenvalue weighted by atomic mass is 9.96. The number of likely N-dealkylation sites (tertiary alicyclic amines) is 1. The van der Waals surface area contributed by atoms with Crippen molar-refractivity contribution in [3.63, 3.8) is 0 Å². The van der Waals surface area contributed by atoms with Crippen molar-refractivity contribution in [1.29, 1.82) is 0 Å². The zero-order valence-corrected chi connectivity index (χ0v) is 13.4. The van der Waals surface area contributed by atoms with E-state index in [0.717, 1.165) is 29.9 Å². The topological polar surface area (TPSA) is 34.0 Å². The summed E-state index contributed by atoms with van der Waals surface area (Å²) >= 11 is 0. The Morgan fingerprint density at radius 2 is 1.80 bits per heavy atom. The van der Waals surface area contributed by atoms with Crippen LogP contribution in [0.4, 0.5) is 0 Å². The van der Waals surface area contributed by atoms with E-state index >= 15 is 0 Å². The standard InChI is InChI=1S/C16H28N4/c1-16(2,3)15-18-17-14(19(15)4)7-5-6-8-20-10-12-9-13(12)11-20/h12-13H,5-11H2,1-4H3. The molecule has 1 aromatic rings. The van der Waals surface area contributed by atoms with E-state index in [2.05, 4.69) is 47.5 Å². The minimum atomic E-state index is 0.0799. The van der Waals surface area contributed by atoms with Crippen molar-refractivity contribution in [3.05, 3.63) is 11.6 Å². The summed E-state index contributed by atoms with van der Waals surface area (Å²) in [6.45, 7) is 10.6. The lowest BCUT2D eigenvalue weighted by Crippen LogP contribution is -2.24. The molecule has 4 heteroatoms. The summed E-state index contributed by atoms with van der Waals surface area (Å²) in [5.41, 5.74) is 0.0799. The first-order chi connectivity index (χ1) is 9.45. The van der Waals surface area contributed by atoms with Crippen molar-refractivity contribution in [2.45, 2.75) is 51.9 Å². The summed E-state index contributed by atoms with van der Waals surface area (Å²) in [6, 6.07) is 0. The molecule has 4 nitrogen and oxygen atoms in total. The van der Waals surface area contributed by atoms with Gasteiger partial charge < -0.3 is 9.47 Å². The zero-order chi connectivity index (χ0) is 14.3. The zero-order valence-electron chi connectivity index (χ0n) is 13.4. The number of hydrogen-bond donors (Lipinski definition) is 0. The van der Waals surface area contributed by atoms with E-state index < -0.39 is 0 Å². The van der Waals surface area contributed by atoms with Gasteiger partial charge in [0.15, 0.2) is 0 Å². The summed E-state index contributed by atoms with van der Waals surface area (Å²) in [5.74, 6) is 4.34. The van der Waals surface area contributed by atoms with E-state index in [0.29, 0.717) is 0 Å². The molecule has 20 heavy (non-hydrogen) atoms. The Labute approximate surface area is 122 Å². The molecule has 2 heterocycles. The quantitative estimate of drug-likeness (QED) is 0.774. The molecule has 0 N–H and O–H groups in total. The first-order valence-corrected chi connectivity index (χ1v) is 8.06. The number of hydrogen-bond acceptors (Lipinski definition) is 3. The van der Waals surface area contributed by atoms with Gasteiger partial charge in [-0.05, 0) is 37.6 Å². The van der Waals surface area contributed by atoms with Gasteiger partial charge in [0.25, 0.3) is 0 Å². The number of nitrogens with zero attached hydrogens (tertiary/aromatic N) is 4. The van der Waals surface area contributed by atoms with Crippen molar-refractivity contribution < 1.29 is 0 Å². The van der Waals surface area contributed by atoms with Crippen LogP contribution in [0.15, 0.2) is 0 Å². The van der Waals surface area contributed by atoms with Gasteiger partial charge in [0, 0.05) is 32.0 Å². The number of unbranched alkanes of at least 4 members (excludes halogenated alkanes) is 1. The van der Waals surface area contributed by atoms with Gasteiger partial charge >= 0.3 is 0 Å². The highest BCUT2D eigenvalue weighted by Crippen LogP contribution is 2.44. The summed E-state index contributed by atoms with van der Waals surface area (Å²) in [6.07, 6.45) is 5.07. The maximum Gasteiger partial charge on any atom is 0.138 e. The molecule has 1 aromatic heterocycles. The fourth-order valence-corrected chi connectivity index (χ4v) is 3.53. The van der Waals surface area contributed by atoms with E-state index in [1.165, 1.54) is 38.9 Å². The largest absolute Gasteiger partial charge is 0.318 e. The van der Waals surface area contributed by atoms with Crippen LogP contribution in [0.25, 0.3) is 0 Å². The highest BCUT2D eigenvalue weighted by molar-refractivity contribution is 5.05. The molecule has 0 amide bonds. The van der Waals surface area contributed by atoms with Gasteiger partial charge in [-0.1, -0.05) is 20.8 Å². The third-order valence-electron chi connectivity index (χ3n) is 4.82. The predicted octanol–water partition coefficient (Wildman–Crippen LogP) is 2.39. The molecule has 2 aliphatic rings. The van der Waals surface area contributed by atoms with Crippen LogP contribution in [0, 0.1) is 11.8 Å². The van der Waals surface area contributed by atoms with Crippen molar-refractivity contribution in [2.75, 3.05) is 19.6 Å². The van der Waals surface area contributed by atoms with E-state index in [9.17, 15) is 0 Å². The number of fused-ring (bicyclic) bond motifs is 1. The molecule has 0 radical (unpaired) electrons. The number of rotatable bonds is 5. The molecule has 0 aromatic carbocycles. The molecule has 2 unspecified atom stereocenters. The summed E-state index contributed by atoms with van der Waals surface area (Å²) in [4.78, 5) is 2.65. The summed E-state index contributed by atoms with van der Waals surface area (Å²) in [5, 5.41) is 8.73. The minimum Gasteiger partial charge on any atom is -0.318 e. The number of aromatic nitrogens is 3. The fraction of sp³-hybridized carbons (Fsp3) is 0.875. The maximum absolute atomic E-state index is 4.37. The second-order valence-electron chi connectivity index (χ2n) is 7.72. The lowest BCUT2D eigenvalue weighted by Gasteiger charge is -2.18. The molecule has 1 aliphatic carbocycles. The summed E-state index contributed by atoms with van der Waals surface area (Å²) < 4.78 is 2.19. The molecule has 0 bridgehead atoms. The maximum atomic E-state index is 4.37. The van der Waals surface area contributed by atoms with Crippen LogP contribution in [0.5, 0.6) is 0 Å². The van der Waals surface area contributed by atoms with Gasteiger partial charge in [-0.2, -0.15) is 0 Å². The van der Waals surface area contributed by atoms with Gasteiger partial charge in [0.1, 0.15) is 11.6 Å². The van der Waals surface area contributed by atoms with Crippen molar-refractivity contribution in [3.8, 4) is 0 Å². The Morgan fingerprint density at radius 3 is 2.40 bits per heavy atom. The third-order valence-corrected chi connectivity index (χ3v) is 4.82. The molecule has 2 fully saturated rings. The molecular formula is C16H28N4. The van der Waals surface area contributed by atoms with Gasteiger partial charge in [-0.3, -0.25) is 0 Å². The Kier molecular flexibility index (Phi) is 3.61. The van der Waals surface area contributed by atoms with Crippen molar-refractivity contribution in [2.24, 2.45) is 18.9 Å². The molecule has 0 spiro atoms. The molecule has 1 saturated heterocycles. The van der Waals surface area contributed by atoms with Gasteiger partial charge in [0.05, 0.1) is 0 Å². The first kappa shape index (κ1) is 14.1. The monoisotopic (exact) mass is 276 g/mol. The van der Waals surface area contributed by atoms with Gasteiger partial charge in [-0.15, -0.1) is 10.2 Å². The average Bonchev–Trinajstić information content (AvgIpc) is 2.80. The average molecular weight is 276 g/mol. The first-order valence-electron chi connectivity index (χ1n) is 8.06.